The van der Waals surface area contributed by atoms with Crippen LogP contribution in [0.2, 0.25) is 10.0 Å². The third-order valence-corrected chi connectivity index (χ3v) is 3.94. The summed E-state index contributed by atoms with van der Waals surface area (Å²) >= 11 is 11.9. The van der Waals surface area contributed by atoms with Crippen molar-refractivity contribution in [1.29, 1.82) is 0 Å². The van der Waals surface area contributed by atoms with Gasteiger partial charge in [0.05, 0.1) is 5.92 Å². The van der Waals surface area contributed by atoms with E-state index in [4.69, 9.17) is 23.2 Å². The monoisotopic (exact) mass is 343 g/mol. The number of hydrogen-bond acceptors (Lipinski definition) is 3. The molecule has 0 bridgehead atoms. The molecular formula is C15H19Cl2N3O2. The maximum Gasteiger partial charge on any atom is 0.227 e. The molecule has 1 heterocycles. The second kappa shape index (κ2) is 7.81. The molecule has 1 atom stereocenters. The molecule has 0 saturated carbocycles. The Morgan fingerprint density at radius 2 is 1.95 bits per heavy atom. The van der Waals surface area contributed by atoms with E-state index in [1.165, 1.54) is 0 Å². The number of nitrogens with one attached hydrogen (secondary N) is 2. The van der Waals surface area contributed by atoms with Gasteiger partial charge in [-0.05, 0) is 24.7 Å². The molecule has 120 valence electrons. The molecular weight excluding hydrogens is 325 g/mol. The molecule has 7 heteroatoms. The van der Waals surface area contributed by atoms with Crippen molar-refractivity contribution in [2.45, 2.75) is 13.3 Å². The van der Waals surface area contributed by atoms with Crippen LogP contribution in [0.15, 0.2) is 18.2 Å². The fourth-order valence-corrected chi connectivity index (χ4v) is 2.94. The van der Waals surface area contributed by atoms with Gasteiger partial charge in [-0.15, -0.1) is 0 Å². The predicted molar refractivity (Wildman–Crippen MR) is 88.5 cm³/mol. The van der Waals surface area contributed by atoms with E-state index >= 15 is 0 Å². The molecule has 1 saturated heterocycles. The molecule has 1 aromatic carbocycles. The summed E-state index contributed by atoms with van der Waals surface area (Å²) in [5.74, 6) is -0.529. The topological polar surface area (TPSA) is 61.4 Å². The van der Waals surface area contributed by atoms with Crippen molar-refractivity contribution in [2.24, 2.45) is 5.92 Å². The zero-order chi connectivity index (χ0) is 16.1. The van der Waals surface area contributed by atoms with E-state index in [0.717, 1.165) is 13.1 Å². The van der Waals surface area contributed by atoms with Crippen molar-refractivity contribution in [2.75, 3.05) is 31.1 Å². The molecule has 0 spiro atoms. The van der Waals surface area contributed by atoms with Gasteiger partial charge in [-0.1, -0.05) is 30.1 Å². The molecule has 0 aromatic heterocycles. The second-order valence-corrected chi connectivity index (χ2v) is 6.05. The van der Waals surface area contributed by atoms with Gasteiger partial charge in [-0.2, -0.15) is 0 Å². The van der Waals surface area contributed by atoms with Gasteiger partial charge < -0.3 is 15.5 Å². The largest absolute Gasteiger partial charge is 0.355 e. The molecule has 1 aliphatic rings. The summed E-state index contributed by atoms with van der Waals surface area (Å²) in [6, 6.07) is 4.96. The minimum Gasteiger partial charge on any atom is -0.355 e. The van der Waals surface area contributed by atoms with Crippen LogP contribution in [0.1, 0.15) is 13.3 Å². The summed E-state index contributed by atoms with van der Waals surface area (Å²) in [5.41, 5.74) is 0.630. The maximum atomic E-state index is 12.1. The lowest BCUT2D eigenvalue weighted by Gasteiger charge is -2.17. The zero-order valence-electron chi connectivity index (χ0n) is 12.4. The number of nitrogens with zero attached hydrogens (tertiary/aromatic N) is 1. The molecule has 22 heavy (non-hydrogen) atoms. The van der Waals surface area contributed by atoms with E-state index in [1.54, 1.807) is 23.1 Å². The summed E-state index contributed by atoms with van der Waals surface area (Å²) in [7, 11) is 0. The van der Waals surface area contributed by atoms with Crippen molar-refractivity contribution >= 4 is 40.7 Å². The van der Waals surface area contributed by atoms with Gasteiger partial charge in [0, 0.05) is 41.8 Å². The number of hydrogen-bond donors (Lipinski definition) is 2. The Hall–Kier alpha value is -1.30. The molecule has 2 N–H and O–H groups in total. The minimum atomic E-state index is -0.341. The van der Waals surface area contributed by atoms with Crippen LogP contribution < -0.4 is 15.5 Å². The van der Waals surface area contributed by atoms with E-state index in [0.29, 0.717) is 28.8 Å². The number of anilines is 1. The highest BCUT2D eigenvalue weighted by molar-refractivity contribution is 6.35. The summed E-state index contributed by atoms with van der Waals surface area (Å²) < 4.78 is 0. The lowest BCUT2D eigenvalue weighted by atomic mass is 10.1. The lowest BCUT2D eigenvalue weighted by Crippen LogP contribution is -2.37. The predicted octanol–water partition coefficient (Wildman–Crippen LogP) is 2.07. The Bertz CT molecular complexity index is 545. The van der Waals surface area contributed by atoms with Gasteiger partial charge in [0.2, 0.25) is 11.8 Å². The van der Waals surface area contributed by atoms with Crippen molar-refractivity contribution in [3.63, 3.8) is 0 Å². The van der Waals surface area contributed by atoms with Crippen LogP contribution >= 0.6 is 23.2 Å². The Balaban J connectivity index is 1.97. The van der Waals surface area contributed by atoms with Gasteiger partial charge in [0.1, 0.15) is 0 Å². The number of halogens is 2. The minimum absolute atomic E-state index is 0.0924. The van der Waals surface area contributed by atoms with Gasteiger partial charge in [0.25, 0.3) is 0 Å². The van der Waals surface area contributed by atoms with E-state index in [-0.39, 0.29) is 24.2 Å². The number of carbonyl (C=O) groups is 2. The van der Waals surface area contributed by atoms with Gasteiger partial charge in [0.15, 0.2) is 0 Å². The van der Waals surface area contributed by atoms with E-state index in [2.05, 4.69) is 10.6 Å². The standard InChI is InChI=1S/C15H19Cl2N3O2/c1-2-18-3-4-19-15(22)10-5-14(21)20(9-10)13-7-11(16)6-12(17)8-13/h6-8,10,18H,2-5,9H2,1H3,(H,19,22). The third-order valence-electron chi connectivity index (χ3n) is 3.51. The Morgan fingerprint density at radius 1 is 1.27 bits per heavy atom. The highest BCUT2D eigenvalue weighted by Gasteiger charge is 2.35. The van der Waals surface area contributed by atoms with Crippen molar-refractivity contribution in [1.82, 2.24) is 10.6 Å². The summed E-state index contributed by atoms with van der Waals surface area (Å²) in [6.45, 7) is 4.49. The molecule has 1 fully saturated rings. The van der Waals surface area contributed by atoms with Crippen molar-refractivity contribution in [3.05, 3.63) is 28.2 Å². The molecule has 2 amide bonds. The van der Waals surface area contributed by atoms with E-state index in [1.807, 2.05) is 6.92 Å². The maximum absolute atomic E-state index is 12.1. The van der Waals surface area contributed by atoms with Crippen molar-refractivity contribution < 1.29 is 9.59 Å². The molecule has 1 aliphatic heterocycles. The molecule has 0 aliphatic carbocycles. The first-order valence-corrected chi connectivity index (χ1v) is 8.01. The van der Waals surface area contributed by atoms with Crippen LogP contribution in [0, 0.1) is 5.92 Å². The SMILES string of the molecule is CCNCCNC(=O)C1CC(=O)N(c2cc(Cl)cc(Cl)c2)C1. The van der Waals surface area contributed by atoms with Crippen LogP contribution in [-0.2, 0) is 9.59 Å². The quantitative estimate of drug-likeness (QED) is 0.777. The fraction of sp³-hybridized carbons (Fsp3) is 0.467. The van der Waals surface area contributed by atoms with E-state index in [9.17, 15) is 9.59 Å². The first-order chi connectivity index (χ1) is 10.5. The first kappa shape index (κ1) is 17.1. The zero-order valence-corrected chi connectivity index (χ0v) is 13.9. The number of carbonyl (C=O) groups excluding carboxylic acids is 2. The highest BCUT2D eigenvalue weighted by atomic mass is 35.5. The summed E-state index contributed by atoms with van der Waals surface area (Å²) in [4.78, 5) is 25.8. The summed E-state index contributed by atoms with van der Waals surface area (Å²) in [5, 5.41) is 6.90. The normalized spacial score (nSPS) is 17.9. The Labute approximate surface area is 139 Å². The van der Waals surface area contributed by atoms with Gasteiger partial charge in [-0.25, -0.2) is 0 Å². The first-order valence-electron chi connectivity index (χ1n) is 7.26. The molecule has 5 nitrogen and oxygen atoms in total. The van der Waals surface area contributed by atoms with Crippen LogP contribution in [0.5, 0.6) is 0 Å². The fourth-order valence-electron chi connectivity index (χ4n) is 2.42. The second-order valence-electron chi connectivity index (χ2n) is 5.18. The number of rotatable bonds is 6. The number of benzene rings is 1. The Kier molecular flexibility index (Phi) is 6.06. The van der Waals surface area contributed by atoms with Crippen LogP contribution in [0.25, 0.3) is 0 Å². The molecule has 1 unspecified atom stereocenters. The van der Waals surface area contributed by atoms with E-state index < -0.39 is 0 Å². The Morgan fingerprint density at radius 3 is 2.59 bits per heavy atom. The van der Waals surface area contributed by atoms with Gasteiger partial charge in [-0.3, -0.25) is 9.59 Å². The average Bonchev–Trinajstić information content (AvgIpc) is 2.84. The highest BCUT2D eigenvalue weighted by Crippen LogP contribution is 2.30. The third kappa shape index (κ3) is 4.35. The smallest absolute Gasteiger partial charge is 0.227 e. The molecule has 1 aromatic rings. The molecule has 0 radical (unpaired) electrons. The number of amides is 2. The average molecular weight is 344 g/mol. The van der Waals surface area contributed by atoms with Crippen LogP contribution in [0.4, 0.5) is 5.69 Å². The van der Waals surface area contributed by atoms with Crippen LogP contribution in [0.3, 0.4) is 0 Å². The number of likely N-dealkylation sites (N-methyl/N-ethyl adjacent to an activating group) is 1. The molecule has 2 rings (SSSR count). The van der Waals surface area contributed by atoms with Gasteiger partial charge >= 0.3 is 0 Å². The lowest BCUT2D eigenvalue weighted by molar-refractivity contribution is -0.126. The van der Waals surface area contributed by atoms with Crippen LogP contribution in [-0.4, -0.2) is 38.0 Å². The van der Waals surface area contributed by atoms with Crippen molar-refractivity contribution in [3.8, 4) is 0 Å². The summed E-state index contributed by atoms with van der Waals surface area (Å²) in [6.07, 6.45) is 0.206.